The number of aryl methyl sites for hydroxylation is 1. The van der Waals surface area contributed by atoms with Gasteiger partial charge < -0.3 is 10.6 Å². The van der Waals surface area contributed by atoms with Gasteiger partial charge in [-0.25, -0.2) is 0 Å². The highest BCUT2D eigenvalue weighted by molar-refractivity contribution is 5.43. The molecule has 1 aromatic carbocycles. The lowest BCUT2D eigenvalue weighted by atomic mass is 9.79. The van der Waals surface area contributed by atoms with Crippen LogP contribution in [-0.4, -0.2) is 19.1 Å². The maximum absolute atomic E-state index is 3.73. The van der Waals surface area contributed by atoms with E-state index in [4.69, 9.17) is 0 Å². The van der Waals surface area contributed by atoms with E-state index in [2.05, 4.69) is 54.0 Å². The third kappa shape index (κ3) is 1.90. The first-order valence-electron chi connectivity index (χ1n) is 7.77. The van der Waals surface area contributed by atoms with Gasteiger partial charge in [-0.15, -0.1) is 0 Å². The summed E-state index contributed by atoms with van der Waals surface area (Å²) in [6.07, 6.45) is 7.15. The first kappa shape index (κ1) is 12.2. The summed E-state index contributed by atoms with van der Waals surface area (Å²) in [7, 11) is 0. The minimum Gasteiger partial charge on any atom is -0.382 e. The Balaban J connectivity index is 1.61. The summed E-state index contributed by atoms with van der Waals surface area (Å²) in [5.41, 5.74) is 5.96. The second kappa shape index (κ2) is 4.78. The Hall–Kier alpha value is -1.54. The monoisotopic (exact) mass is 266 g/mol. The van der Waals surface area contributed by atoms with Crippen molar-refractivity contribution in [2.24, 2.45) is 5.92 Å². The van der Waals surface area contributed by atoms with Gasteiger partial charge in [0.25, 0.3) is 0 Å². The van der Waals surface area contributed by atoms with Crippen molar-refractivity contribution in [2.75, 3.05) is 13.1 Å². The fourth-order valence-electron chi connectivity index (χ4n) is 4.04. The van der Waals surface area contributed by atoms with Crippen LogP contribution >= 0.6 is 0 Å². The average Bonchev–Trinajstić information content (AvgIpc) is 2.85. The predicted molar refractivity (Wildman–Crippen MR) is 82.6 cm³/mol. The van der Waals surface area contributed by atoms with Crippen molar-refractivity contribution in [3.63, 3.8) is 0 Å². The number of fused-ring (bicyclic) bond motifs is 2. The van der Waals surface area contributed by atoms with E-state index >= 15 is 0 Å². The van der Waals surface area contributed by atoms with Gasteiger partial charge in [0.2, 0.25) is 0 Å². The van der Waals surface area contributed by atoms with Crippen molar-refractivity contribution in [2.45, 2.75) is 31.7 Å². The molecule has 0 spiro atoms. The smallest absolute Gasteiger partial charge is 0.0351 e. The standard InChI is InChI=1S/C18H22N2/c1-12-4-2-3-5-14(12)13-6-7-17-15(10-13)16-11-19-9-8-18(16)20-17/h2-7,13,16,18-20H,8-11H2,1H3/t13?,16-,18?/m0/s1. The van der Waals surface area contributed by atoms with Gasteiger partial charge in [-0.2, -0.15) is 0 Å². The lowest BCUT2D eigenvalue weighted by molar-refractivity contribution is 0.353. The van der Waals surface area contributed by atoms with E-state index in [-0.39, 0.29) is 0 Å². The Kier molecular flexibility index (Phi) is 2.92. The highest BCUT2D eigenvalue weighted by Gasteiger charge is 2.37. The van der Waals surface area contributed by atoms with Gasteiger partial charge in [-0.05, 0) is 49.1 Å². The fraction of sp³-hybridized carbons (Fsp3) is 0.444. The molecule has 2 unspecified atom stereocenters. The molecular formula is C18H22N2. The summed E-state index contributed by atoms with van der Waals surface area (Å²) in [5.74, 6) is 1.26. The molecule has 2 N–H and O–H groups in total. The van der Waals surface area contributed by atoms with Gasteiger partial charge >= 0.3 is 0 Å². The van der Waals surface area contributed by atoms with Crippen molar-refractivity contribution in [3.05, 3.63) is 58.8 Å². The quantitative estimate of drug-likeness (QED) is 0.817. The molecule has 1 saturated heterocycles. The molecule has 0 radical (unpaired) electrons. The Morgan fingerprint density at radius 2 is 2.10 bits per heavy atom. The Labute approximate surface area is 121 Å². The molecule has 0 aromatic heterocycles. The summed E-state index contributed by atoms with van der Waals surface area (Å²) in [6, 6.07) is 9.48. The van der Waals surface area contributed by atoms with E-state index < -0.39 is 0 Å². The molecule has 1 aliphatic carbocycles. The predicted octanol–water partition coefficient (Wildman–Crippen LogP) is 2.87. The van der Waals surface area contributed by atoms with Crippen molar-refractivity contribution in [3.8, 4) is 0 Å². The summed E-state index contributed by atoms with van der Waals surface area (Å²) in [6.45, 7) is 4.52. The van der Waals surface area contributed by atoms with E-state index in [1.807, 2.05) is 0 Å². The van der Waals surface area contributed by atoms with Crippen LogP contribution in [0.1, 0.15) is 29.9 Å². The van der Waals surface area contributed by atoms with Crippen LogP contribution in [0.3, 0.4) is 0 Å². The van der Waals surface area contributed by atoms with Crippen molar-refractivity contribution < 1.29 is 0 Å². The zero-order valence-corrected chi connectivity index (χ0v) is 12.0. The second-order valence-corrected chi connectivity index (χ2v) is 6.32. The van der Waals surface area contributed by atoms with Crippen LogP contribution in [0, 0.1) is 12.8 Å². The molecule has 2 heterocycles. The van der Waals surface area contributed by atoms with Crippen LogP contribution in [0.4, 0.5) is 0 Å². The molecule has 2 aliphatic heterocycles. The molecule has 2 heteroatoms. The third-order valence-corrected chi connectivity index (χ3v) is 5.14. The van der Waals surface area contributed by atoms with E-state index in [9.17, 15) is 0 Å². The number of piperidine rings is 1. The number of nitrogens with one attached hydrogen (secondary N) is 2. The molecule has 0 amide bonds. The lowest BCUT2D eigenvalue weighted by Gasteiger charge is -2.29. The molecule has 104 valence electrons. The fourth-order valence-corrected chi connectivity index (χ4v) is 4.04. The van der Waals surface area contributed by atoms with Gasteiger partial charge in [0.05, 0.1) is 0 Å². The first-order chi connectivity index (χ1) is 9.83. The Morgan fingerprint density at radius 1 is 1.20 bits per heavy atom. The molecule has 0 saturated carbocycles. The van der Waals surface area contributed by atoms with Gasteiger partial charge in [0, 0.05) is 30.1 Å². The molecular weight excluding hydrogens is 244 g/mol. The number of rotatable bonds is 1. The maximum Gasteiger partial charge on any atom is 0.0351 e. The normalized spacial score (nSPS) is 31.8. The lowest BCUT2D eigenvalue weighted by Crippen LogP contribution is -2.43. The number of hydrogen-bond donors (Lipinski definition) is 2. The van der Waals surface area contributed by atoms with Gasteiger partial charge in [0.1, 0.15) is 0 Å². The zero-order chi connectivity index (χ0) is 13.5. The van der Waals surface area contributed by atoms with Gasteiger partial charge in [0.15, 0.2) is 0 Å². The third-order valence-electron chi connectivity index (χ3n) is 5.14. The van der Waals surface area contributed by atoms with E-state index in [0.29, 0.717) is 17.9 Å². The summed E-state index contributed by atoms with van der Waals surface area (Å²) in [4.78, 5) is 0. The van der Waals surface area contributed by atoms with Crippen LogP contribution in [-0.2, 0) is 0 Å². The molecule has 1 aromatic rings. The number of hydrogen-bond acceptors (Lipinski definition) is 2. The molecule has 3 aliphatic rings. The molecule has 20 heavy (non-hydrogen) atoms. The van der Waals surface area contributed by atoms with Gasteiger partial charge in [-0.3, -0.25) is 0 Å². The van der Waals surface area contributed by atoms with Gasteiger partial charge in [-0.1, -0.05) is 30.3 Å². The van der Waals surface area contributed by atoms with Crippen LogP contribution in [0.5, 0.6) is 0 Å². The molecule has 3 atom stereocenters. The Morgan fingerprint density at radius 3 is 3.00 bits per heavy atom. The Bertz CT molecular complexity index is 585. The molecule has 0 bridgehead atoms. The second-order valence-electron chi connectivity index (χ2n) is 6.32. The summed E-state index contributed by atoms with van der Waals surface area (Å²) in [5, 5.41) is 7.29. The minimum atomic E-state index is 0.553. The largest absolute Gasteiger partial charge is 0.382 e. The van der Waals surface area contributed by atoms with Crippen LogP contribution < -0.4 is 10.6 Å². The molecule has 1 fully saturated rings. The minimum absolute atomic E-state index is 0.553. The number of benzene rings is 1. The molecule has 4 rings (SSSR count). The van der Waals surface area contributed by atoms with E-state index in [1.54, 1.807) is 5.57 Å². The maximum atomic E-state index is 3.73. The summed E-state index contributed by atoms with van der Waals surface area (Å²) < 4.78 is 0. The van der Waals surface area contributed by atoms with E-state index in [1.165, 1.54) is 29.7 Å². The topological polar surface area (TPSA) is 24.1 Å². The van der Waals surface area contributed by atoms with Crippen molar-refractivity contribution >= 4 is 0 Å². The highest BCUT2D eigenvalue weighted by atomic mass is 15.0. The highest BCUT2D eigenvalue weighted by Crippen LogP contribution is 2.40. The van der Waals surface area contributed by atoms with Crippen molar-refractivity contribution in [1.82, 2.24) is 10.6 Å². The van der Waals surface area contributed by atoms with Crippen LogP contribution in [0.2, 0.25) is 0 Å². The average molecular weight is 266 g/mol. The number of allylic oxidation sites excluding steroid dienone is 2. The van der Waals surface area contributed by atoms with Crippen LogP contribution in [0.25, 0.3) is 0 Å². The van der Waals surface area contributed by atoms with Crippen LogP contribution in [0.15, 0.2) is 47.7 Å². The van der Waals surface area contributed by atoms with Crippen molar-refractivity contribution in [1.29, 1.82) is 0 Å². The first-order valence-corrected chi connectivity index (χ1v) is 7.77. The summed E-state index contributed by atoms with van der Waals surface area (Å²) >= 11 is 0. The zero-order valence-electron chi connectivity index (χ0n) is 12.0. The van der Waals surface area contributed by atoms with E-state index in [0.717, 1.165) is 13.1 Å². The molecule has 2 nitrogen and oxygen atoms in total. The SMILES string of the molecule is Cc1ccccc1C1C=CC2=C(C1)[C@@H]1CNCCC1N2.